The summed E-state index contributed by atoms with van der Waals surface area (Å²) in [5.41, 5.74) is 4.91. The molecule has 0 radical (unpaired) electrons. The molecule has 80 valence electrons. The summed E-state index contributed by atoms with van der Waals surface area (Å²) in [5, 5.41) is 9.90. The smallest absolute Gasteiger partial charge is 0.154 e. The fourth-order valence-corrected chi connectivity index (χ4v) is 2.56. The van der Waals surface area contributed by atoms with Crippen molar-refractivity contribution < 1.29 is 9.90 Å². The molecule has 0 amide bonds. The number of rotatable bonds is 1. The van der Waals surface area contributed by atoms with Gasteiger partial charge in [0.2, 0.25) is 0 Å². The lowest BCUT2D eigenvalue weighted by Gasteiger charge is -2.22. The molecule has 2 rings (SSSR count). The fraction of sp³-hybridized carbons (Fsp3) is 0.462. The minimum atomic E-state index is 0.183. The zero-order valence-electron chi connectivity index (χ0n) is 9.26. The first-order valence-electron chi connectivity index (χ1n) is 5.46. The first-order valence-corrected chi connectivity index (χ1v) is 5.46. The van der Waals surface area contributed by atoms with Crippen LogP contribution in [0.2, 0.25) is 0 Å². The highest BCUT2D eigenvalue weighted by Crippen LogP contribution is 2.35. The molecule has 0 fully saturated rings. The number of phenols is 1. The number of carbonyl (C=O) groups excluding carboxylic acids is 1. The van der Waals surface area contributed by atoms with Crippen LogP contribution in [0.1, 0.15) is 45.5 Å². The number of hydrogen-bond donors (Lipinski definition) is 1. The topological polar surface area (TPSA) is 37.3 Å². The average molecular weight is 204 g/mol. The van der Waals surface area contributed by atoms with Crippen LogP contribution in [0.4, 0.5) is 0 Å². The standard InChI is InChI=1S/C13H16O2/c1-8-10-5-3-4-6-11(10)9(2)13(15)12(8)7-14/h7,15H,3-6H2,1-2H3. The van der Waals surface area contributed by atoms with E-state index in [-0.39, 0.29) is 5.75 Å². The van der Waals surface area contributed by atoms with Crippen LogP contribution in [0, 0.1) is 13.8 Å². The first kappa shape index (κ1) is 10.2. The summed E-state index contributed by atoms with van der Waals surface area (Å²) in [5.74, 6) is 0.183. The fourth-order valence-electron chi connectivity index (χ4n) is 2.56. The Labute approximate surface area is 89.9 Å². The molecule has 2 heteroatoms. The Hall–Kier alpha value is -1.31. The van der Waals surface area contributed by atoms with Gasteiger partial charge in [-0.3, -0.25) is 4.79 Å². The Morgan fingerprint density at radius 3 is 2.13 bits per heavy atom. The van der Waals surface area contributed by atoms with Crippen molar-refractivity contribution >= 4 is 6.29 Å². The van der Waals surface area contributed by atoms with Gasteiger partial charge in [-0.25, -0.2) is 0 Å². The zero-order valence-corrected chi connectivity index (χ0v) is 9.26. The van der Waals surface area contributed by atoms with Gasteiger partial charge in [0.1, 0.15) is 5.75 Å². The first-order chi connectivity index (χ1) is 7.16. The second kappa shape index (κ2) is 3.69. The maximum absolute atomic E-state index is 10.9. The van der Waals surface area contributed by atoms with E-state index < -0.39 is 0 Å². The van der Waals surface area contributed by atoms with E-state index in [2.05, 4.69) is 0 Å². The molecule has 0 atom stereocenters. The van der Waals surface area contributed by atoms with Gasteiger partial charge >= 0.3 is 0 Å². The molecule has 0 spiro atoms. The Morgan fingerprint density at radius 2 is 1.60 bits per heavy atom. The number of fused-ring (bicyclic) bond motifs is 1. The number of hydrogen-bond acceptors (Lipinski definition) is 2. The van der Waals surface area contributed by atoms with E-state index in [1.807, 2.05) is 13.8 Å². The average Bonchev–Trinajstić information content (AvgIpc) is 2.27. The second-order valence-corrected chi connectivity index (χ2v) is 4.29. The molecule has 15 heavy (non-hydrogen) atoms. The lowest BCUT2D eigenvalue weighted by Crippen LogP contribution is -2.09. The van der Waals surface area contributed by atoms with Gasteiger partial charge in [0, 0.05) is 0 Å². The van der Waals surface area contributed by atoms with Crippen molar-refractivity contribution in [3.8, 4) is 5.75 Å². The minimum absolute atomic E-state index is 0.183. The van der Waals surface area contributed by atoms with Gasteiger partial charge in [-0.15, -0.1) is 0 Å². The second-order valence-electron chi connectivity index (χ2n) is 4.29. The van der Waals surface area contributed by atoms with Crippen molar-refractivity contribution in [3.05, 3.63) is 27.8 Å². The van der Waals surface area contributed by atoms with Gasteiger partial charge in [-0.1, -0.05) is 0 Å². The van der Waals surface area contributed by atoms with Crippen LogP contribution < -0.4 is 0 Å². The Balaban J connectivity index is 2.74. The third-order valence-corrected chi connectivity index (χ3v) is 3.51. The molecule has 1 aromatic rings. The summed E-state index contributed by atoms with van der Waals surface area (Å²) >= 11 is 0. The van der Waals surface area contributed by atoms with E-state index in [0.29, 0.717) is 5.56 Å². The molecule has 2 nitrogen and oxygen atoms in total. The molecule has 1 aliphatic rings. The van der Waals surface area contributed by atoms with Gasteiger partial charge in [0.15, 0.2) is 6.29 Å². The Bertz CT molecular complexity index is 419. The number of benzene rings is 1. The van der Waals surface area contributed by atoms with Crippen molar-refractivity contribution in [2.45, 2.75) is 39.5 Å². The number of aldehydes is 1. The normalized spacial score (nSPS) is 14.8. The Morgan fingerprint density at radius 1 is 1.07 bits per heavy atom. The zero-order chi connectivity index (χ0) is 11.0. The van der Waals surface area contributed by atoms with E-state index >= 15 is 0 Å². The highest BCUT2D eigenvalue weighted by molar-refractivity contribution is 5.83. The SMILES string of the molecule is Cc1c(O)c(C=O)c(C)c2c1CCCC2. The van der Waals surface area contributed by atoms with Crippen LogP contribution in [0.15, 0.2) is 0 Å². The summed E-state index contributed by atoms with van der Waals surface area (Å²) in [7, 11) is 0. The van der Waals surface area contributed by atoms with Crippen LogP contribution >= 0.6 is 0 Å². The van der Waals surface area contributed by atoms with Gasteiger partial charge < -0.3 is 5.11 Å². The van der Waals surface area contributed by atoms with E-state index in [1.165, 1.54) is 24.0 Å². The lowest BCUT2D eigenvalue weighted by molar-refractivity contribution is 0.112. The summed E-state index contributed by atoms with van der Waals surface area (Å²) in [6, 6.07) is 0. The molecule has 0 aromatic heterocycles. The van der Waals surface area contributed by atoms with E-state index in [9.17, 15) is 9.90 Å². The molecule has 0 saturated heterocycles. The Kier molecular flexibility index (Phi) is 2.51. The molecular formula is C13H16O2. The van der Waals surface area contributed by atoms with Crippen LogP contribution in [0.5, 0.6) is 5.75 Å². The highest BCUT2D eigenvalue weighted by Gasteiger charge is 2.20. The monoisotopic (exact) mass is 204 g/mol. The molecule has 0 aliphatic heterocycles. The van der Waals surface area contributed by atoms with E-state index in [1.54, 1.807) is 0 Å². The summed E-state index contributed by atoms with van der Waals surface area (Å²) < 4.78 is 0. The predicted molar refractivity (Wildman–Crippen MR) is 59.6 cm³/mol. The number of carbonyl (C=O) groups is 1. The minimum Gasteiger partial charge on any atom is -0.507 e. The van der Waals surface area contributed by atoms with Crippen molar-refractivity contribution in [1.29, 1.82) is 0 Å². The molecule has 0 unspecified atom stereocenters. The quantitative estimate of drug-likeness (QED) is 0.714. The molecule has 0 bridgehead atoms. The highest BCUT2D eigenvalue weighted by atomic mass is 16.3. The molecule has 1 aromatic carbocycles. The van der Waals surface area contributed by atoms with E-state index in [4.69, 9.17) is 0 Å². The van der Waals surface area contributed by atoms with Crippen molar-refractivity contribution in [3.63, 3.8) is 0 Å². The predicted octanol–water partition coefficient (Wildman–Crippen LogP) is 2.70. The van der Waals surface area contributed by atoms with Crippen molar-refractivity contribution in [2.24, 2.45) is 0 Å². The van der Waals surface area contributed by atoms with Crippen molar-refractivity contribution in [1.82, 2.24) is 0 Å². The number of aromatic hydroxyl groups is 1. The molecule has 0 heterocycles. The van der Waals surface area contributed by atoms with Crippen LogP contribution in [0.3, 0.4) is 0 Å². The molecule has 1 aliphatic carbocycles. The summed E-state index contributed by atoms with van der Waals surface area (Å²) in [6.45, 7) is 3.85. The molecular weight excluding hydrogens is 188 g/mol. The van der Waals surface area contributed by atoms with Gasteiger partial charge in [0.25, 0.3) is 0 Å². The summed E-state index contributed by atoms with van der Waals surface area (Å²) in [4.78, 5) is 10.9. The van der Waals surface area contributed by atoms with Gasteiger partial charge in [-0.2, -0.15) is 0 Å². The maximum Gasteiger partial charge on any atom is 0.154 e. The lowest BCUT2D eigenvalue weighted by atomic mass is 9.83. The molecule has 0 saturated carbocycles. The van der Waals surface area contributed by atoms with Crippen LogP contribution in [-0.4, -0.2) is 11.4 Å². The van der Waals surface area contributed by atoms with Gasteiger partial charge in [0.05, 0.1) is 5.56 Å². The van der Waals surface area contributed by atoms with Gasteiger partial charge in [-0.05, 0) is 61.8 Å². The van der Waals surface area contributed by atoms with Crippen molar-refractivity contribution in [2.75, 3.05) is 0 Å². The molecule has 1 N–H and O–H groups in total. The number of phenolic OH excluding ortho intramolecular Hbond substituents is 1. The summed E-state index contributed by atoms with van der Waals surface area (Å²) in [6.07, 6.45) is 5.23. The third-order valence-electron chi connectivity index (χ3n) is 3.51. The largest absolute Gasteiger partial charge is 0.507 e. The van der Waals surface area contributed by atoms with Crippen LogP contribution in [0.25, 0.3) is 0 Å². The van der Waals surface area contributed by atoms with E-state index in [0.717, 1.165) is 30.3 Å². The maximum atomic E-state index is 10.9. The third kappa shape index (κ3) is 1.44. The van der Waals surface area contributed by atoms with Crippen LogP contribution in [-0.2, 0) is 12.8 Å².